The average Bonchev–Trinajstić information content (AvgIpc) is 2.33. The van der Waals surface area contributed by atoms with Crippen molar-refractivity contribution in [2.24, 2.45) is 0 Å². The molecule has 2 rings (SSSR count). The zero-order chi connectivity index (χ0) is 11.2. The van der Waals surface area contributed by atoms with Crippen LogP contribution in [0.25, 0.3) is 0 Å². The van der Waals surface area contributed by atoms with E-state index >= 15 is 0 Å². The Morgan fingerprint density at radius 2 is 1.88 bits per heavy atom. The fraction of sp³-hybridized carbons (Fsp3) is 0.154. The van der Waals surface area contributed by atoms with Gasteiger partial charge < -0.3 is 5.32 Å². The van der Waals surface area contributed by atoms with Crippen LogP contribution in [0, 0.1) is 0 Å². The van der Waals surface area contributed by atoms with Gasteiger partial charge in [-0.2, -0.15) is 0 Å². The Bertz CT molecular complexity index is 425. The molecular weight excluding hydrogens is 264 g/mol. The molecule has 2 nitrogen and oxygen atoms in total. The molecule has 1 aromatic carbocycles. The second kappa shape index (κ2) is 5.66. The SMILES string of the molecule is Brc1ccc(NCCc2ccccc2)nc1. The Balaban J connectivity index is 1.82. The van der Waals surface area contributed by atoms with Gasteiger partial charge in [-0.3, -0.25) is 0 Å². The predicted molar refractivity (Wildman–Crippen MR) is 70.6 cm³/mol. The van der Waals surface area contributed by atoms with Crippen molar-refractivity contribution in [2.45, 2.75) is 6.42 Å². The van der Waals surface area contributed by atoms with E-state index in [0.29, 0.717) is 0 Å². The second-order valence-electron chi connectivity index (χ2n) is 3.52. The first-order valence-corrected chi connectivity index (χ1v) is 6.03. The maximum Gasteiger partial charge on any atom is 0.125 e. The standard InChI is InChI=1S/C13H13BrN2/c14-12-6-7-13(16-10-12)15-9-8-11-4-2-1-3-5-11/h1-7,10H,8-9H2,(H,15,16). The van der Waals surface area contributed by atoms with Crippen LogP contribution in [0.2, 0.25) is 0 Å². The number of aromatic nitrogens is 1. The molecule has 0 spiro atoms. The van der Waals surface area contributed by atoms with Gasteiger partial charge in [0.05, 0.1) is 0 Å². The number of halogens is 1. The molecule has 0 unspecified atom stereocenters. The van der Waals surface area contributed by atoms with E-state index in [1.807, 2.05) is 18.2 Å². The van der Waals surface area contributed by atoms with E-state index in [4.69, 9.17) is 0 Å². The third-order valence-electron chi connectivity index (χ3n) is 2.29. The molecule has 0 aliphatic heterocycles. The summed E-state index contributed by atoms with van der Waals surface area (Å²) in [4.78, 5) is 4.25. The highest BCUT2D eigenvalue weighted by molar-refractivity contribution is 9.10. The van der Waals surface area contributed by atoms with Crippen molar-refractivity contribution in [3.8, 4) is 0 Å². The fourth-order valence-corrected chi connectivity index (χ4v) is 1.69. The number of benzene rings is 1. The molecule has 0 radical (unpaired) electrons. The minimum atomic E-state index is 0.901. The lowest BCUT2D eigenvalue weighted by atomic mass is 10.1. The summed E-state index contributed by atoms with van der Waals surface area (Å²) >= 11 is 3.36. The van der Waals surface area contributed by atoms with E-state index in [2.05, 4.69) is 50.5 Å². The molecule has 0 amide bonds. The van der Waals surface area contributed by atoms with Crippen molar-refractivity contribution in [3.63, 3.8) is 0 Å². The number of pyridine rings is 1. The Hall–Kier alpha value is -1.35. The van der Waals surface area contributed by atoms with Crippen LogP contribution in [-0.2, 0) is 6.42 Å². The Labute approximate surface area is 104 Å². The van der Waals surface area contributed by atoms with E-state index in [1.165, 1.54) is 5.56 Å². The van der Waals surface area contributed by atoms with Crippen LogP contribution in [0.1, 0.15) is 5.56 Å². The molecule has 1 aromatic heterocycles. The second-order valence-corrected chi connectivity index (χ2v) is 4.44. The summed E-state index contributed by atoms with van der Waals surface area (Å²) in [5.41, 5.74) is 1.34. The van der Waals surface area contributed by atoms with Crippen molar-refractivity contribution in [1.29, 1.82) is 0 Å². The lowest BCUT2D eigenvalue weighted by Gasteiger charge is -2.05. The lowest BCUT2D eigenvalue weighted by Crippen LogP contribution is -2.05. The molecule has 82 valence electrons. The summed E-state index contributed by atoms with van der Waals surface area (Å²) in [6, 6.07) is 14.4. The van der Waals surface area contributed by atoms with Gasteiger partial charge in [-0.1, -0.05) is 30.3 Å². The first kappa shape index (κ1) is 11.1. The molecule has 0 aliphatic rings. The normalized spacial score (nSPS) is 10.1. The van der Waals surface area contributed by atoms with Crippen molar-refractivity contribution in [1.82, 2.24) is 4.98 Å². The summed E-state index contributed by atoms with van der Waals surface area (Å²) in [6.07, 6.45) is 2.81. The zero-order valence-electron chi connectivity index (χ0n) is 8.86. The molecular formula is C13H13BrN2. The third-order valence-corrected chi connectivity index (χ3v) is 2.76. The molecule has 0 saturated heterocycles. The quantitative estimate of drug-likeness (QED) is 0.925. The number of rotatable bonds is 4. The van der Waals surface area contributed by atoms with Gasteiger partial charge in [0.2, 0.25) is 0 Å². The molecule has 16 heavy (non-hydrogen) atoms. The molecule has 2 aromatic rings. The largest absolute Gasteiger partial charge is 0.370 e. The Morgan fingerprint density at radius 1 is 1.06 bits per heavy atom. The van der Waals surface area contributed by atoms with Crippen LogP contribution in [0.5, 0.6) is 0 Å². The Kier molecular flexibility index (Phi) is 3.94. The Morgan fingerprint density at radius 3 is 2.56 bits per heavy atom. The van der Waals surface area contributed by atoms with Crippen molar-refractivity contribution in [3.05, 3.63) is 58.7 Å². The van der Waals surface area contributed by atoms with E-state index in [-0.39, 0.29) is 0 Å². The van der Waals surface area contributed by atoms with E-state index in [9.17, 15) is 0 Å². The topological polar surface area (TPSA) is 24.9 Å². The summed E-state index contributed by atoms with van der Waals surface area (Å²) in [5, 5.41) is 3.29. The van der Waals surface area contributed by atoms with Gasteiger partial charge in [0.15, 0.2) is 0 Å². The van der Waals surface area contributed by atoms with Crippen LogP contribution in [0.3, 0.4) is 0 Å². The van der Waals surface area contributed by atoms with Crippen LogP contribution < -0.4 is 5.32 Å². The molecule has 0 fully saturated rings. The maximum atomic E-state index is 4.25. The van der Waals surface area contributed by atoms with E-state index in [0.717, 1.165) is 23.3 Å². The number of hydrogen-bond donors (Lipinski definition) is 1. The highest BCUT2D eigenvalue weighted by Gasteiger charge is 1.94. The molecule has 0 saturated carbocycles. The van der Waals surface area contributed by atoms with Gasteiger partial charge in [0, 0.05) is 17.2 Å². The van der Waals surface area contributed by atoms with Crippen LogP contribution in [0.4, 0.5) is 5.82 Å². The van der Waals surface area contributed by atoms with Crippen LogP contribution in [-0.4, -0.2) is 11.5 Å². The van der Waals surface area contributed by atoms with E-state index in [1.54, 1.807) is 6.20 Å². The van der Waals surface area contributed by atoms with Crippen molar-refractivity contribution < 1.29 is 0 Å². The predicted octanol–water partition coefficient (Wildman–Crippen LogP) is 3.50. The third kappa shape index (κ3) is 3.35. The lowest BCUT2D eigenvalue weighted by molar-refractivity contribution is 1.01. The number of hydrogen-bond acceptors (Lipinski definition) is 2. The van der Waals surface area contributed by atoms with Gasteiger partial charge >= 0.3 is 0 Å². The number of nitrogens with zero attached hydrogens (tertiary/aromatic N) is 1. The smallest absolute Gasteiger partial charge is 0.125 e. The van der Waals surface area contributed by atoms with Gasteiger partial charge in [0.1, 0.15) is 5.82 Å². The zero-order valence-corrected chi connectivity index (χ0v) is 10.4. The summed E-state index contributed by atoms with van der Waals surface area (Å²) in [6.45, 7) is 0.901. The van der Waals surface area contributed by atoms with Gasteiger partial charge in [-0.25, -0.2) is 4.98 Å². The van der Waals surface area contributed by atoms with Crippen LogP contribution >= 0.6 is 15.9 Å². The molecule has 3 heteroatoms. The number of nitrogens with one attached hydrogen (secondary N) is 1. The molecule has 0 atom stereocenters. The van der Waals surface area contributed by atoms with Gasteiger partial charge in [-0.05, 0) is 40.0 Å². The first-order valence-electron chi connectivity index (χ1n) is 5.24. The summed E-state index contributed by atoms with van der Waals surface area (Å²) in [7, 11) is 0. The van der Waals surface area contributed by atoms with Gasteiger partial charge in [0.25, 0.3) is 0 Å². The monoisotopic (exact) mass is 276 g/mol. The van der Waals surface area contributed by atoms with E-state index < -0.39 is 0 Å². The molecule has 1 N–H and O–H groups in total. The van der Waals surface area contributed by atoms with Crippen molar-refractivity contribution >= 4 is 21.7 Å². The maximum absolute atomic E-state index is 4.25. The molecule has 0 aliphatic carbocycles. The highest BCUT2D eigenvalue weighted by atomic mass is 79.9. The molecule has 0 bridgehead atoms. The fourth-order valence-electron chi connectivity index (χ4n) is 1.46. The average molecular weight is 277 g/mol. The molecule has 1 heterocycles. The minimum Gasteiger partial charge on any atom is -0.370 e. The summed E-state index contributed by atoms with van der Waals surface area (Å²) in [5.74, 6) is 0.916. The van der Waals surface area contributed by atoms with Crippen LogP contribution in [0.15, 0.2) is 53.1 Å². The summed E-state index contributed by atoms with van der Waals surface area (Å²) < 4.78 is 1.00. The minimum absolute atomic E-state index is 0.901. The first-order chi connectivity index (χ1) is 7.84. The highest BCUT2D eigenvalue weighted by Crippen LogP contribution is 2.10. The van der Waals surface area contributed by atoms with Crippen molar-refractivity contribution in [2.75, 3.05) is 11.9 Å². The number of anilines is 1. The van der Waals surface area contributed by atoms with Gasteiger partial charge in [-0.15, -0.1) is 0 Å².